The summed E-state index contributed by atoms with van der Waals surface area (Å²) in [5, 5.41) is 8.82. The number of hydrogen-bond acceptors (Lipinski definition) is 1. The number of phenolic OH excluding ortho intramolecular Hbond substituents is 1. The topological polar surface area (TPSA) is 20.2 Å². The maximum absolute atomic E-state index is 12.7. The highest BCUT2D eigenvalue weighted by molar-refractivity contribution is 6.31. The maximum Gasteiger partial charge on any atom is 0.389 e. The van der Waals surface area contributed by atoms with E-state index in [1.54, 1.807) is 0 Å². The Balaban J connectivity index is 2.82. The number of phenols is 1. The highest BCUT2D eigenvalue weighted by Gasteiger charge is 2.27. The maximum atomic E-state index is 12.7. The van der Waals surface area contributed by atoms with Crippen LogP contribution in [0.2, 0.25) is 5.02 Å². The summed E-state index contributed by atoms with van der Waals surface area (Å²) in [6, 6.07) is 1.70. The Hall–Kier alpha value is -0.970. The van der Waals surface area contributed by atoms with Crippen molar-refractivity contribution >= 4 is 11.6 Å². The van der Waals surface area contributed by atoms with Crippen molar-refractivity contribution in [3.8, 4) is 5.75 Å². The molecular weight excluding hydrogens is 236 g/mol. The van der Waals surface area contributed by atoms with Gasteiger partial charge in [0.1, 0.15) is 0 Å². The molecule has 0 unspecified atom stereocenters. The first-order valence-electron chi connectivity index (χ1n) is 4.03. The summed E-state index contributed by atoms with van der Waals surface area (Å²) in [6.07, 6.45) is -5.73. The van der Waals surface area contributed by atoms with Crippen LogP contribution < -0.4 is 0 Å². The van der Waals surface area contributed by atoms with Crippen LogP contribution in [-0.4, -0.2) is 11.3 Å². The van der Waals surface area contributed by atoms with Crippen LogP contribution in [0.5, 0.6) is 5.75 Å². The van der Waals surface area contributed by atoms with Gasteiger partial charge in [0.2, 0.25) is 0 Å². The first-order valence-corrected chi connectivity index (χ1v) is 4.41. The molecule has 0 aliphatic rings. The van der Waals surface area contributed by atoms with Crippen molar-refractivity contribution in [1.29, 1.82) is 0 Å². The number of aromatic hydroxyl groups is 1. The summed E-state index contributed by atoms with van der Waals surface area (Å²) >= 11 is 5.51. The summed E-state index contributed by atoms with van der Waals surface area (Å²) in [4.78, 5) is 0. The van der Waals surface area contributed by atoms with Gasteiger partial charge in [-0.25, -0.2) is 4.39 Å². The van der Waals surface area contributed by atoms with Gasteiger partial charge >= 0.3 is 6.18 Å². The average molecular weight is 243 g/mol. The van der Waals surface area contributed by atoms with Crippen molar-refractivity contribution in [3.63, 3.8) is 0 Å². The van der Waals surface area contributed by atoms with E-state index in [-0.39, 0.29) is 17.0 Å². The van der Waals surface area contributed by atoms with Crippen molar-refractivity contribution in [2.75, 3.05) is 0 Å². The predicted molar refractivity (Wildman–Crippen MR) is 47.5 cm³/mol. The molecule has 0 heterocycles. The minimum Gasteiger partial charge on any atom is -0.505 e. The van der Waals surface area contributed by atoms with Crippen molar-refractivity contribution in [2.45, 2.75) is 19.0 Å². The molecule has 15 heavy (non-hydrogen) atoms. The van der Waals surface area contributed by atoms with Crippen LogP contribution in [0.3, 0.4) is 0 Å². The van der Waals surface area contributed by atoms with Gasteiger partial charge in [-0.3, -0.25) is 0 Å². The molecule has 0 aliphatic carbocycles. The molecule has 0 spiro atoms. The summed E-state index contributed by atoms with van der Waals surface area (Å²) in [5.74, 6) is -1.65. The molecule has 0 bridgehead atoms. The van der Waals surface area contributed by atoms with Crippen molar-refractivity contribution in [2.24, 2.45) is 0 Å². The minimum absolute atomic E-state index is 0.0768. The number of benzene rings is 1. The number of aryl methyl sites for hydroxylation is 1. The van der Waals surface area contributed by atoms with Crippen LogP contribution >= 0.6 is 11.6 Å². The molecule has 0 saturated carbocycles. The quantitative estimate of drug-likeness (QED) is 0.785. The lowest BCUT2D eigenvalue weighted by Crippen LogP contribution is -2.08. The Bertz CT molecular complexity index is 362. The van der Waals surface area contributed by atoms with Crippen LogP contribution in [0.4, 0.5) is 17.6 Å². The molecule has 0 aromatic heterocycles. The Morgan fingerprint density at radius 2 is 1.87 bits per heavy atom. The second-order valence-electron chi connectivity index (χ2n) is 3.01. The predicted octanol–water partition coefficient (Wildman–Crippen LogP) is 3.68. The normalized spacial score (nSPS) is 11.8. The summed E-state index contributed by atoms with van der Waals surface area (Å²) in [6.45, 7) is 0. The van der Waals surface area contributed by atoms with Gasteiger partial charge in [0.25, 0.3) is 0 Å². The van der Waals surface area contributed by atoms with Crippen molar-refractivity contribution in [1.82, 2.24) is 0 Å². The zero-order valence-electron chi connectivity index (χ0n) is 7.41. The molecule has 0 atom stereocenters. The number of hydrogen-bond donors (Lipinski definition) is 1. The zero-order valence-corrected chi connectivity index (χ0v) is 8.16. The van der Waals surface area contributed by atoms with Crippen molar-refractivity contribution < 1.29 is 22.7 Å². The third-order valence-electron chi connectivity index (χ3n) is 1.79. The summed E-state index contributed by atoms with van der Waals surface area (Å²) < 4.78 is 48.3. The molecule has 84 valence electrons. The van der Waals surface area contributed by atoms with Gasteiger partial charge in [-0.2, -0.15) is 13.2 Å². The molecule has 1 aromatic carbocycles. The van der Waals surface area contributed by atoms with Crippen LogP contribution in [-0.2, 0) is 6.42 Å². The van der Waals surface area contributed by atoms with Gasteiger partial charge in [-0.1, -0.05) is 11.6 Å². The van der Waals surface area contributed by atoms with Crippen LogP contribution in [0.15, 0.2) is 12.1 Å². The molecule has 1 nitrogen and oxygen atoms in total. The van der Waals surface area contributed by atoms with E-state index in [0.29, 0.717) is 0 Å². The van der Waals surface area contributed by atoms with Crippen LogP contribution in [0.1, 0.15) is 12.0 Å². The minimum atomic E-state index is -4.30. The molecule has 1 aromatic rings. The lowest BCUT2D eigenvalue weighted by atomic mass is 10.1. The third-order valence-corrected chi connectivity index (χ3v) is 2.15. The second-order valence-corrected chi connectivity index (χ2v) is 3.42. The molecule has 1 N–H and O–H groups in total. The lowest BCUT2D eigenvalue weighted by molar-refractivity contribution is -0.133. The van der Waals surface area contributed by atoms with Crippen molar-refractivity contribution in [3.05, 3.63) is 28.5 Å². The van der Waals surface area contributed by atoms with Crippen LogP contribution in [0.25, 0.3) is 0 Å². The fourth-order valence-corrected chi connectivity index (χ4v) is 1.29. The first kappa shape index (κ1) is 12.1. The molecular formula is C9H7ClF4O. The van der Waals surface area contributed by atoms with Gasteiger partial charge in [0.05, 0.1) is 0 Å². The third kappa shape index (κ3) is 3.58. The molecule has 1 rings (SSSR count). The van der Waals surface area contributed by atoms with E-state index in [0.717, 1.165) is 12.1 Å². The van der Waals surface area contributed by atoms with Gasteiger partial charge in [-0.05, 0) is 24.1 Å². The number of alkyl halides is 3. The molecule has 0 saturated heterocycles. The van der Waals surface area contributed by atoms with Gasteiger partial charge in [0, 0.05) is 11.4 Å². The summed E-state index contributed by atoms with van der Waals surface area (Å²) in [5.41, 5.74) is 0.0768. The largest absolute Gasteiger partial charge is 0.505 e. The number of rotatable bonds is 2. The standard InChI is InChI=1S/C9H7ClF4O/c10-6-4-7(11)8(15)3-5(6)1-2-9(12,13)14/h3-4,15H,1-2H2. The van der Waals surface area contributed by atoms with E-state index in [4.69, 9.17) is 16.7 Å². The monoisotopic (exact) mass is 242 g/mol. The van der Waals surface area contributed by atoms with Gasteiger partial charge in [0.15, 0.2) is 11.6 Å². The molecule has 0 fully saturated rings. The Labute approximate surface area is 88.3 Å². The van der Waals surface area contributed by atoms with E-state index >= 15 is 0 Å². The first-order chi connectivity index (χ1) is 6.79. The Morgan fingerprint density at radius 3 is 2.40 bits per heavy atom. The van der Waals surface area contributed by atoms with E-state index in [1.165, 1.54) is 0 Å². The highest BCUT2D eigenvalue weighted by atomic mass is 35.5. The number of halogens is 5. The summed E-state index contributed by atoms with van der Waals surface area (Å²) in [7, 11) is 0. The highest BCUT2D eigenvalue weighted by Crippen LogP contribution is 2.29. The Kier molecular flexibility index (Phi) is 3.44. The fourth-order valence-electron chi connectivity index (χ4n) is 1.05. The zero-order chi connectivity index (χ0) is 11.6. The van der Waals surface area contributed by atoms with E-state index < -0.39 is 24.2 Å². The fraction of sp³-hybridized carbons (Fsp3) is 0.333. The second kappa shape index (κ2) is 4.26. The van der Waals surface area contributed by atoms with E-state index in [1.807, 2.05) is 0 Å². The molecule has 0 radical (unpaired) electrons. The van der Waals surface area contributed by atoms with Gasteiger partial charge in [-0.15, -0.1) is 0 Å². The smallest absolute Gasteiger partial charge is 0.389 e. The van der Waals surface area contributed by atoms with E-state index in [9.17, 15) is 17.6 Å². The average Bonchev–Trinajstić information content (AvgIpc) is 2.07. The molecule has 0 aliphatic heterocycles. The van der Waals surface area contributed by atoms with Gasteiger partial charge < -0.3 is 5.11 Å². The lowest BCUT2D eigenvalue weighted by Gasteiger charge is -2.08. The molecule has 6 heteroatoms. The van der Waals surface area contributed by atoms with Crippen LogP contribution in [0, 0.1) is 5.82 Å². The van der Waals surface area contributed by atoms with E-state index in [2.05, 4.69) is 0 Å². The molecule has 0 amide bonds. The Morgan fingerprint density at radius 1 is 1.27 bits per heavy atom. The SMILES string of the molecule is Oc1cc(CCC(F)(F)F)c(Cl)cc1F.